The van der Waals surface area contributed by atoms with Crippen molar-refractivity contribution in [1.29, 1.82) is 0 Å². The van der Waals surface area contributed by atoms with Crippen LogP contribution in [0.25, 0.3) is 0 Å². The Kier molecular flexibility index (Phi) is 5.20. The van der Waals surface area contributed by atoms with Gasteiger partial charge >= 0.3 is 0 Å². The van der Waals surface area contributed by atoms with Crippen LogP contribution in [0.3, 0.4) is 0 Å². The van der Waals surface area contributed by atoms with E-state index >= 15 is 0 Å². The summed E-state index contributed by atoms with van der Waals surface area (Å²) < 4.78 is 24.5. The van der Waals surface area contributed by atoms with E-state index in [1.165, 1.54) is 4.31 Å². The lowest BCUT2D eigenvalue weighted by Crippen LogP contribution is -2.49. The van der Waals surface area contributed by atoms with Gasteiger partial charge in [0, 0.05) is 12.1 Å². The third-order valence-corrected chi connectivity index (χ3v) is 4.64. The molecule has 0 fully saturated rings. The molecule has 0 aromatic rings. The summed E-state index contributed by atoms with van der Waals surface area (Å²) in [7, 11) is -3.63. The normalized spacial score (nSPS) is 16.3. The Morgan fingerprint density at radius 2 is 1.53 bits per heavy atom. The zero-order valence-electron chi connectivity index (χ0n) is 12.2. The fourth-order valence-electron chi connectivity index (χ4n) is 1.59. The van der Waals surface area contributed by atoms with Gasteiger partial charge in [0.05, 0.1) is 0 Å². The number of hydrogen-bond acceptors (Lipinski definition) is 2. The summed E-state index contributed by atoms with van der Waals surface area (Å²) in [6.07, 6.45) is 0.817. The lowest BCUT2D eigenvalue weighted by molar-refractivity contribution is 0.191. The van der Waals surface area contributed by atoms with Gasteiger partial charge in [0.1, 0.15) is 0 Å². The smallest absolute Gasteiger partial charge is 0.216 e. The first kappa shape index (κ1) is 16.9. The lowest BCUT2D eigenvalue weighted by Gasteiger charge is -2.35. The van der Waals surface area contributed by atoms with Crippen molar-refractivity contribution in [2.75, 3.05) is 6.54 Å². The summed E-state index contributed by atoms with van der Waals surface area (Å²) in [4.78, 5) is 0. The Labute approximate surface area is 107 Å². The maximum atomic E-state index is 11.5. The molecular formula is C12H28N2O2S. The largest absolute Gasteiger partial charge is 0.277 e. The number of nitrogens with zero attached hydrogens (tertiary/aromatic N) is 1. The predicted molar refractivity (Wildman–Crippen MR) is 72.8 cm³/mol. The van der Waals surface area contributed by atoms with Crippen LogP contribution in [0.2, 0.25) is 0 Å². The van der Waals surface area contributed by atoms with Crippen molar-refractivity contribution >= 4 is 10.2 Å². The number of nitrogens with two attached hydrogens (primary N) is 1. The van der Waals surface area contributed by atoms with Gasteiger partial charge in [0.15, 0.2) is 0 Å². The van der Waals surface area contributed by atoms with E-state index in [0.29, 0.717) is 12.5 Å². The molecule has 17 heavy (non-hydrogen) atoms. The highest BCUT2D eigenvalue weighted by Gasteiger charge is 2.31. The van der Waals surface area contributed by atoms with E-state index in [1.807, 2.05) is 20.8 Å². The third-order valence-electron chi connectivity index (χ3n) is 3.30. The van der Waals surface area contributed by atoms with E-state index in [0.717, 1.165) is 6.42 Å². The van der Waals surface area contributed by atoms with Crippen molar-refractivity contribution in [1.82, 2.24) is 4.31 Å². The molecule has 0 aromatic carbocycles. The average Bonchev–Trinajstić information content (AvgIpc) is 1.96. The van der Waals surface area contributed by atoms with E-state index < -0.39 is 15.7 Å². The molecule has 4 nitrogen and oxygen atoms in total. The van der Waals surface area contributed by atoms with Crippen molar-refractivity contribution in [2.24, 2.45) is 16.5 Å². The van der Waals surface area contributed by atoms with Crippen LogP contribution in [0.4, 0.5) is 0 Å². The summed E-state index contributed by atoms with van der Waals surface area (Å²) in [6.45, 7) is 14.7. The molecule has 2 N–H and O–H groups in total. The van der Waals surface area contributed by atoms with Crippen LogP contribution in [-0.2, 0) is 10.2 Å². The molecule has 0 radical (unpaired) electrons. The molecular weight excluding hydrogens is 236 g/mol. The molecule has 0 saturated carbocycles. The van der Waals surface area contributed by atoms with Crippen LogP contribution in [-0.4, -0.2) is 24.8 Å². The van der Waals surface area contributed by atoms with E-state index in [4.69, 9.17) is 5.14 Å². The molecule has 0 heterocycles. The van der Waals surface area contributed by atoms with Gasteiger partial charge in [-0.3, -0.25) is 0 Å². The van der Waals surface area contributed by atoms with Gasteiger partial charge in [-0.25, -0.2) is 5.14 Å². The van der Waals surface area contributed by atoms with Crippen LogP contribution in [0, 0.1) is 11.3 Å². The predicted octanol–water partition coefficient (Wildman–Crippen LogP) is 2.36. The van der Waals surface area contributed by atoms with Crippen LogP contribution in [0.5, 0.6) is 0 Å². The average molecular weight is 264 g/mol. The first-order chi connectivity index (χ1) is 7.26. The standard InChI is InChI=1S/C12H28N2O2S/c1-10(11(2,3)4)8-9-14(12(5,6)7)17(13,15)16/h10H,8-9H2,1-7H3,(H2,13,15,16). The Balaban J connectivity index is 4.73. The van der Waals surface area contributed by atoms with Gasteiger partial charge in [-0.2, -0.15) is 12.7 Å². The summed E-state index contributed by atoms with van der Waals surface area (Å²) in [5.41, 5.74) is -0.285. The maximum absolute atomic E-state index is 11.5. The molecule has 0 aliphatic rings. The first-order valence-electron chi connectivity index (χ1n) is 6.07. The molecule has 5 heteroatoms. The SMILES string of the molecule is CC(CCN(C(C)(C)C)S(N)(=O)=O)C(C)(C)C. The minimum Gasteiger partial charge on any atom is -0.216 e. The van der Waals surface area contributed by atoms with Crippen LogP contribution >= 0.6 is 0 Å². The minimum atomic E-state index is -3.63. The van der Waals surface area contributed by atoms with Crippen molar-refractivity contribution in [2.45, 2.75) is 60.4 Å². The van der Waals surface area contributed by atoms with Crippen LogP contribution < -0.4 is 5.14 Å². The van der Waals surface area contributed by atoms with E-state index in [9.17, 15) is 8.42 Å². The summed E-state index contributed by atoms with van der Waals surface area (Å²) >= 11 is 0. The molecule has 1 unspecified atom stereocenters. The third kappa shape index (κ3) is 5.84. The molecule has 0 bridgehead atoms. The zero-order valence-corrected chi connectivity index (χ0v) is 13.1. The van der Waals surface area contributed by atoms with Crippen LogP contribution in [0.1, 0.15) is 54.9 Å². The van der Waals surface area contributed by atoms with Crippen LogP contribution in [0.15, 0.2) is 0 Å². The molecule has 0 aliphatic heterocycles. The van der Waals surface area contributed by atoms with Gasteiger partial charge in [-0.1, -0.05) is 27.7 Å². The number of hydrogen-bond donors (Lipinski definition) is 1. The van der Waals surface area contributed by atoms with E-state index in [1.54, 1.807) is 0 Å². The van der Waals surface area contributed by atoms with Crippen molar-refractivity contribution in [3.63, 3.8) is 0 Å². The highest BCUT2D eigenvalue weighted by molar-refractivity contribution is 7.86. The minimum absolute atomic E-state index is 0.182. The lowest BCUT2D eigenvalue weighted by atomic mass is 9.80. The summed E-state index contributed by atoms with van der Waals surface area (Å²) in [5, 5.41) is 5.26. The molecule has 0 spiro atoms. The van der Waals surface area contributed by atoms with E-state index in [2.05, 4.69) is 27.7 Å². The van der Waals surface area contributed by atoms with Crippen molar-refractivity contribution < 1.29 is 8.42 Å². The second-order valence-corrected chi connectivity index (χ2v) is 8.31. The Morgan fingerprint density at radius 3 is 1.76 bits per heavy atom. The fourth-order valence-corrected chi connectivity index (χ4v) is 2.71. The fraction of sp³-hybridized carbons (Fsp3) is 1.00. The zero-order chi connectivity index (χ0) is 14.1. The van der Waals surface area contributed by atoms with Gasteiger partial charge in [-0.15, -0.1) is 0 Å². The van der Waals surface area contributed by atoms with Crippen molar-refractivity contribution in [3.8, 4) is 0 Å². The van der Waals surface area contributed by atoms with Crippen molar-refractivity contribution in [3.05, 3.63) is 0 Å². The molecule has 1 atom stereocenters. The second kappa shape index (κ2) is 5.24. The topological polar surface area (TPSA) is 63.4 Å². The first-order valence-corrected chi connectivity index (χ1v) is 7.57. The quantitative estimate of drug-likeness (QED) is 0.847. The number of rotatable bonds is 4. The van der Waals surface area contributed by atoms with Gasteiger partial charge in [0.2, 0.25) is 0 Å². The summed E-state index contributed by atoms with van der Waals surface area (Å²) in [5.74, 6) is 0.439. The Bertz CT molecular complexity index is 336. The maximum Gasteiger partial charge on any atom is 0.277 e. The monoisotopic (exact) mass is 264 g/mol. The summed E-state index contributed by atoms with van der Waals surface area (Å²) in [6, 6.07) is 0. The highest BCUT2D eigenvalue weighted by atomic mass is 32.2. The molecule has 0 amide bonds. The molecule has 104 valence electrons. The second-order valence-electron chi connectivity index (χ2n) is 6.84. The highest BCUT2D eigenvalue weighted by Crippen LogP contribution is 2.29. The van der Waals surface area contributed by atoms with Gasteiger partial charge in [0.25, 0.3) is 10.2 Å². The Hall–Kier alpha value is -0.130. The molecule has 0 aromatic heterocycles. The van der Waals surface area contributed by atoms with Gasteiger partial charge < -0.3 is 0 Å². The van der Waals surface area contributed by atoms with E-state index in [-0.39, 0.29) is 5.41 Å². The van der Waals surface area contributed by atoms with Gasteiger partial charge in [-0.05, 0) is 38.5 Å². The molecule has 0 aliphatic carbocycles. The Morgan fingerprint density at radius 1 is 1.12 bits per heavy atom. The molecule has 0 rings (SSSR count). The molecule has 0 saturated heterocycles.